The van der Waals surface area contributed by atoms with E-state index in [0.717, 1.165) is 19.3 Å². The van der Waals surface area contributed by atoms with Crippen molar-refractivity contribution in [2.75, 3.05) is 30.3 Å². The molecule has 160 valence electrons. The number of halogens is 1. The van der Waals surface area contributed by atoms with Crippen molar-refractivity contribution < 1.29 is 18.1 Å². The third-order valence-electron chi connectivity index (χ3n) is 4.69. The molecule has 11 heteroatoms. The van der Waals surface area contributed by atoms with Crippen molar-refractivity contribution in [1.82, 2.24) is 4.31 Å². The number of anilines is 2. The second-order valence-corrected chi connectivity index (χ2v) is 9.16. The molecule has 0 spiro atoms. The maximum Gasteiger partial charge on any atom is 0.289 e. The van der Waals surface area contributed by atoms with Crippen molar-refractivity contribution in [2.45, 2.75) is 24.2 Å². The highest BCUT2D eigenvalue weighted by molar-refractivity contribution is 7.89. The van der Waals surface area contributed by atoms with Crippen LogP contribution in [0.4, 0.5) is 17.1 Å². The number of rotatable bonds is 7. The number of benzene rings is 2. The smallest absolute Gasteiger partial charge is 0.289 e. The lowest BCUT2D eigenvalue weighted by Crippen LogP contribution is -2.35. The zero-order valence-corrected chi connectivity index (χ0v) is 17.6. The number of sulfonamides is 1. The van der Waals surface area contributed by atoms with Gasteiger partial charge in [0.05, 0.1) is 16.4 Å². The van der Waals surface area contributed by atoms with Gasteiger partial charge in [0.2, 0.25) is 15.9 Å². The van der Waals surface area contributed by atoms with Crippen LogP contribution in [-0.4, -0.2) is 43.2 Å². The number of nitrogens with zero attached hydrogens (tertiary/aromatic N) is 2. The van der Waals surface area contributed by atoms with Gasteiger partial charge in [-0.2, -0.15) is 4.31 Å². The highest BCUT2D eigenvalue weighted by Gasteiger charge is 2.25. The molecule has 0 atom stereocenters. The Morgan fingerprint density at radius 1 is 1.07 bits per heavy atom. The SMILES string of the molecule is O=C(CNc1ccc(Cl)c([N+](=O)[O-])c1)Nc1ccc(S(=O)(=O)N2CCCCC2)cc1. The van der Waals surface area contributed by atoms with E-state index >= 15 is 0 Å². The number of carbonyl (C=O) groups is 1. The zero-order valence-electron chi connectivity index (χ0n) is 16.0. The lowest BCUT2D eigenvalue weighted by Gasteiger charge is -2.25. The van der Waals surface area contributed by atoms with Crippen molar-refractivity contribution in [3.05, 3.63) is 57.6 Å². The highest BCUT2D eigenvalue weighted by atomic mass is 35.5. The van der Waals surface area contributed by atoms with E-state index in [1.807, 2.05) is 0 Å². The lowest BCUT2D eigenvalue weighted by molar-refractivity contribution is -0.384. The summed E-state index contributed by atoms with van der Waals surface area (Å²) in [4.78, 5) is 22.6. The van der Waals surface area contributed by atoms with Crippen LogP contribution in [0.5, 0.6) is 0 Å². The van der Waals surface area contributed by atoms with E-state index in [-0.39, 0.29) is 28.1 Å². The van der Waals surface area contributed by atoms with Crippen LogP contribution in [0.3, 0.4) is 0 Å². The first-order valence-corrected chi connectivity index (χ1v) is 11.2. The Balaban J connectivity index is 1.58. The van der Waals surface area contributed by atoms with E-state index in [1.165, 1.54) is 46.8 Å². The molecule has 0 aliphatic carbocycles. The first kappa shape index (κ1) is 22.0. The Morgan fingerprint density at radius 2 is 1.70 bits per heavy atom. The molecule has 0 saturated carbocycles. The van der Waals surface area contributed by atoms with Crippen molar-refractivity contribution >= 4 is 44.6 Å². The van der Waals surface area contributed by atoms with Gasteiger partial charge in [-0.3, -0.25) is 14.9 Å². The Hall–Kier alpha value is -2.69. The number of nitro groups is 1. The Morgan fingerprint density at radius 3 is 2.33 bits per heavy atom. The normalized spacial score (nSPS) is 14.8. The fourth-order valence-electron chi connectivity index (χ4n) is 3.11. The van der Waals surface area contributed by atoms with E-state index in [2.05, 4.69) is 10.6 Å². The number of hydrogen-bond acceptors (Lipinski definition) is 6. The van der Waals surface area contributed by atoms with Crippen molar-refractivity contribution in [1.29, 1.82) is 0 Å². The summed E-state index contributed by atoms with van der Waals surface area (Å²) in [5.41, 5.74) is 0.568. The molecule has 0 bridgehead atoms. The molecule has 1 aliphatic heterocycles. The average Bonchev–Trinajstić information content (AvgIpc) is 2.74. The van der Waals surface area contributed by atoms with Gasteiger partial charge in [-0.1, -0.05) is 18.0 Å². The molecule has 0 unspecified atom stereocenters. The number of nitro benzene ring substituents is 1. The molecular formula is C19H21ClN4O5S. The van der Waals surface area contributed by atoms with Crippen molar-refractivity contribution in [2.24, 2.45) is 0 Å². The maximum absolute atomic E-state index is 12.7. The molecule has 1 fully saturated rings. The number of amides is 1. The number of nitrogens with one attached hydrogen (secondary N) is 2. The summed E-state index contributed by atoms with van der Waals surface area (Å²) in [6, 6.07) is 10.1. The Bertz CT molecular complexity index is 1040. The predicted molar refractivity (Wildman–Crippen MR) is 114 cm³/mol. The minimum absolute atomic E-state index is 0.00889. The van der Waals surface area contributed by atoms with Crippen LogP contribution < -0.4 is 10.6 Å². The Labute approximate surface area is 179 Å². The Kier molecular flexibility index (Phi) is 6.91. The van der Waals surface area contributed by atoms with Crippen LogP contribution >= 0.6 is 11.6 Å². The fraction of sp³-hybridized carbons (Fsp3) is 0.316. The topological polar surface area (TPSA) is 122 Å². The van der Waals surface area contributed by atoms with Gasteiger partial charge in [-0.25, -0.2) is 8.42 Å². The van der Waals surface area contributed by atoms with Gasteiger partial charge in [-0.15, -0.1) is 0 Å². The molecule has 0 radical (unpaired) electrons. The van der Waals surface area contributed by atoms with Crippen LogP contribution in [0.25, 0.3) is 0 Å². The molecule has 30 heavy (non-hydrogen) atoms. The molecule has 1 aliphatic rings. The third kappa shape index (κ3) is 5.26. The van der Waals surface area contributed by atoms with Gasteiger partial charge in [-0.05, 0) is 49.2 Å². The van der Waals surface area contributed by atoms with Gasteiger partial charge in [0.1, 0.15) is 5.02 Å². The molecule has 2 aromatic rings. The molecule has 1 heterocycles. The van der Waals surface area contributed by atoms with Crippen molar-refractivity contribution in [3.8, 4) is 0 Å². The highest BCUT2D eigenvalue weighted by Crippen LogP contribution is 2.27. The quantitative estimate of drug-likeness (QED) is 0.490. The molecular weight excluding hydrogens is 432 g/mol. The molecule has 2 N–H and O–H groups in total. The zero-order chi connectivity index (χ0) is 21.7. The average molecular weight is 453 g/mol. The second kappa shape index (κ2) is 9.41. The number of piperidine rings is 1. The standard InChI is InChI=1S/C19H21ClN4O5S/c20-17-9-6-15(12-18(17)24(26)27)21-13-19(25)22-14-4-7-16(8-5-14)30(28,29)23-10-2-1-3-11-23/h4-9,12,21H,1-3,10-11,13H2,(H,22,25). The second-order valence-electron chi connectivity index (χ2n) is 6.81. The van der Waals surface area contributed by atoms with Crippen LogP contribution in [0.1, 0.15) is 19.3 Å². The van der Waals surface area contributed by atoms with E-state index in [9.17, 15) is 23.3 Å². The first-order chi connectivity index (χ1) is 14.3. The number of hydrogen-bond donors (Lipinski definition) is 2. The summed E-state index contributed by atoms with van der Waals surface area (Å²) in [6.45, 7) is 0.914. The van der Waals surface area contributed by atoms with Crippen molar-refractivity contribution in [3.63, 3.8) is 0 Å². The van der Waals surface area contributed by atoms with Gasteiger partial charge < -0.3 is 10.6 Å². The van der Waals surface area contributed by atoms with Gasteiger partial charge in [0.25, 0.3) is 5.69 Å². The summed E-state index contributed by atoms with van der Waals surface area (Å²) >= 11 is 5.76. The summed E-state index contributed by atoms with van der Waals surface area (Å²) in [6.07, 6.45) is 2.75. The monoisotopic (exact) mass is 452 g/mol. The van der Waals surface area contributed by atoms with Crippen LogP contribution in [0.2, 0.25) is 5.02 Å². The molecule has 1 saturated heterocycles. The molecule has 1 amide bonds. The van der Waals surface area contributed by atoms with Gasteiger partial charge >= 0.3 is 0 Å². The minimum Gasteiger partial charge on any atom is -0.376 e. The van der Waals surface area contributed by atoms with E-state index in [4.69, 9.17) is 11.6 Å². The maximum atomic E-state index is 12.7. The summed E-state index contributed by atoms with van der Waals surface area (Å²) in [7, 11) is -3.53. The van der Waals surface area contributed by atoms with E-state index in [0.29, 0.717) is 24.5 Å². The molecule has 3 rings (SSSR count). The van der Waals surface area contributed by atoms with E-state index in [1.54, 1.807) is 0 Å². The van der Waals surface area contributed by atoms with Gasteiger partial charge in [0, 0.05) is 30.5 Å². The van der Waals surface area contributed by atoms with Crippen LogP contribution in [0, 0.1) is 10.1 Å². The largest absolute Gasteiger partial charge is 0.376 e. The summed E-state index contributed by atoms with van der Waals surface area (Å²) in [5, 5.41) is 16.4. The van der Waals surface area contributed by atoms with Gasteiger partial charge in [0.15, 0.2) is 0 Å². The summed E-state index contributed by atoms with van der Waals surface area (Å²) in [5.74, 6) is -0.390. The molecule has 9 nitrogen and oxygen atoms in total. The third-order valence-corrected chi connectivity index (χ3v) is 6.92. The predicted octanol–water partition coefficient (Wildman–Crippen LogP) is 3.47. The van der Waals surface area contributed by atoms with Crippen LogP contribution in [-0.2, 0) is 14.8 Å². The number of carbonyl (C=O) groups excluding carboxylic acids is 1. The minimum atomic E-state index is -3.53. The lowest BCUT2D eigenvalue weighted by atomic mass is 10.2. The first-order valence-electron chi connectivity index (χ1n) is 9.35. The molecule has 0 aromatic heterocycles. The fourth-order valence-corrected chi connectivity index (χ4v) is 4.82. The summed E-state index contributed by atoms with van der Waals surface area (Å²) < 4.78 is 26.8. The van der Waals surface area contributed by atoms with Crippen LogP contribution in [0.15, 0.2) is 47.4 Å². The molecule has 2 aromatic carbocycles. The van der Waals surface area contributed by atoms with E-state index < -0.39 is 14.9 Å².